The molecule has 0 aliphatic heterocycles. The van der Waals surface area contributed by atoms with E-state index >= 15 is 0 Å². The van der Waals surface area contributed by atoms with Gasteiger partial charge in [0, 0.05) is 0 Å². The zero-order valence-corrected chi connectivity index (χ0v) is 12.9. The Morgan fingerprint density at radius 2 is 1.44 bits per heavy atom. The van der Waals surface area contributed by atoms with Gasteiger partial charge in [-0.25, -0.2) is 0 Å². The van der Waals surface area contributed by atoms with Gasteiger partial charge >= 0.3 is 14.5 Å². The van der Waals surface area contributed by atoms with E-state index in [1.54, 1.807) is 0 Å². The number of unbranched alkanes of at least 4 members (excludes halogenated alkanes) is 2. The lowest BCUT2D eigenvalue weighted by Crippen LogP contribution is -2.27. The minimum Gasteiger partial charge on any atom is -0.478 e. The minimum atomic E-state index is -1.01. The molecule has 0 radical (unpaired) electrons. The molecule has 2 nitrogen and oxygen atoms in total. The Kier molecular flexibility index (Phi) is 10.9. The first-order valence-corrected chi connectivity index (χ1v) is 9.01. The molecule has 0 aromatic carbocycles. The van der Waals surface area contributed by atoms with Crippen molar-refractivity contribution >= 4 is 14.5 Å². The van der Waals surface area contributed by atoms with Crippen LogP contribution in [-0.4, -0.2) is 26.9 Å². The second kappa shape index (κ2) is 10.6. The van der Waals surface area contributed by atoms with Crippen molar-refractivity contribution in [3.63, 3.8) is 0 Å². The van der Waals surface area contributed by atoms with Gasteiger partial charge in [0.05, 0.1) is 6.10 Å². The van der Waals surface area contributed by atoms with E-state index in [0.717, 1.165) is 0 Å². The number of hydrogen-bond acceptors (Lipinski definition) is 2. The van der Waals surface area contributed by atoms with Crippen LogP contribution in [0.5, 0.6) is 0 Å². The largest absolute Gasteiger partial charge is 0.478 e. The van der Waals surface area contributed by atoms with Crippen LogP contribution < -0.4 is 0 Å². The molecule has 3 heteroatoms. The zero-order chi connectivity index (χ0) is 12.4. The number of ether oxygens (including phenoxy) is 1. The highest BCUT2D eigenvalue weighted by Gasteiger charge is 2.22. The van der Waals surface area contributed by atoms with E-state index in [1.807, 2.05) is 6.92 Å². The third-order valence-corrected chi connectivity index (χ3v) is 5.48. The topological polar surface area (TPSA) is 18.5 Å². The van der Waals surface area contributed by atoms with Crippen LogP contribution >= 0.6 is 0 Å². The first-order valence-electron chi connectivity index (χ1n) is 6.91. The summed E-state index contributed by atoms with van der Waals surface area (Å²) in [6.07, 6.45) is 5.44. The molecule has 1 atom stereocenters. The van der Waals surface area contributed by atoms with Crippen molar-refractivity contribution in [2.24, 2.45) is 0 Å². The third kappa shape index (κ3) is 9.66. The quantitative estimate of drug-likeness (QED) is 0.420. The number of rotatable bonds is 10. The average molecular weight is 244 g/mol. The fourth-order valence-corrected chi connectivity index (χ4v) is 4.72. The van der Waals surface area contributed by atoms with Gasteiger partial charge in [-0.1, -0.05) is 50.1 Å². The second-order valence-corrected chi connectivity index (χ2v) is 7.47. The summed E-state index contributed by atoms with van der Waals surface area (Å²) in [6.45, 7) is 10.7. The van der Waals surface area contributed by atoms with Gasteiger partial charge in [-0.3, -0.25) is 0 Å². The Morgan fingerprint density at radius 3 is 1.81 bits per heavy atom. The molecule has 0 spiro atoms. The van der Waals surface area contributed by atoms with E-state index in [1.165, 1.54) is 36.2 Å². The highest BCUT2D eigenvalue weighted by Crippen LogP contribution is 2.14. The van der Waals surface area contributed by atoms with Crippen LogP contribution in [0.3, 0.4) is 0 Å². The molecule has 96 valence electrons. The molecule has 0 N–H and O–H groups in total. The molecule has 0 bridgehead atoms. The van der Waals surface area contributed by atoms with Crippen molar-refractivity contribution in [1.29, 1.82) is 0 Å². The molecule has 1 unspecified atom stereocenters. The lowest BCUT2D eigenvalue weighted by atomic mass is 10.4. The Morgan fingerprint density at radius 1 is 0.938 bits per heavy atom. The van der Waals surface area contributed by atoms with Crippen molar-refractivity contribution in [1.82, 2.24) is 0 Å². The van der Waals surface area contributed by atoms with E-state index in [4.69, 9.17) is 8.53 Å². The van der Waals surface area contributed by atoms with Crippen molar-refractivity contribution < 1.29 is 8.53 Å². The molecule has 0 saturated carbocycles. The SMILES string of the molecule is CCC[CH2][Al]([CH2]CCC)[O]C(C)OC(C)C. The summed E-state index contributed by atoms with van der Waals surface area (Å²) in [7, 11) is 0. The lowest BCUT2D eigenvalue weighted by Gasteiger charge is -2.22. The van der Waals surface area contributed by atoms with Crippen molar-refractivity contribution in [2.75, 3.05) is 0 Å². The standard InChI is InChI=1S/C5H11O2.2C4H9.Al/c1-4(2)7-5(3)6;2*1-3-4-2;/h4-5H,1-3H3;2*1,3-4H2,2H3;/q-1;;;+1. The van der Waals surface area contributed by atoms with Gasteiger partial charge in [-0.15, -0.1) is 0 Å². The van der Waals surface area contributed by atoms with Crippen molar-refractivity contribution in [3.05, 3.63) is 0 Å². The van der Waals surface area contributed by atoms with Gasteiger partial charge in [0.15, 0.2) is 0 Å². The molecule has 0 heterocycles. The molecular weight excluding hydrogens is 215 g/mol. The van der Waals surface area contributed by atoms with E-state index in [2.05, 4.69) is 27.7 Å². The molecule has 16 heavy (non-hydrogen) atoms. The molecular formula is C13H29AlO2. The van der Waals surface area contributed by atoms with E-state index in [9.17, 15) is 0 Å². The van der Waals surface area contributed by atoms with Crippen LogP contribution in [0.1, 0.15) is 60.3 Å². The maximum absolute atomic E-state index is 6.08. The minimum absolute atomic E-state index is 0.00891. The zero-order valence-electron chi connectivity index (χ0n) is 11.8. The summed E-state index contributed by atoms with van der Waals surface area (Å²) in [5.74, 6) is 0. The molecule has 0 aliphatic carbocycles. The van der Waals surface area contributed by atoms with Gasteiger partial charge in [0.2, 0.25) is 0 Å². The smallest absolute Gasteiger partial charge is 0.462 e. The lowest BCUT2D eigenvalue weighted by molar-refractivity contribution is -0.0980. The Labute approximate surface area is 106 Å². The van der Waals surface area contributed by atoms with Crippen LogP contribution in [0.15, 0.2) is 0 Å². The predicted octanol–water partition coefficient (Wildman–Crippen LogP) is 4.37. The van der Waals surface area contributed by atoms with Crippen LogP contribution in [0.25, 0.3) is 0 Å². The molecule has 0 rings (SSSR count). The van der Waals surface area contributed by atoms with Crippen LogP contribution in [0.4, 0.5) is 0 Å². The normalized spacial score (nSPS) is 13.1. The van der Waals surface area contributed by atoms with Gasteiger partial charge in [0.1, 0.15) is 6.29 Å². The predicted molar refractivity (Wildman–Crippen MR) is 72.0 cm³/mol. The molecule has 0 saturated heterocycles. The average Bonchev–Trinajstić information content (AvgIpc) is 2.20. The fraction of sp³-hybridized carbons (Fsp3) is 1.00. The molecule has 0 amide bonds. The number of hydrogen-bond donors (Lipinski definition) is 0. The Bertz CT molecular complexity index is 143. The van der Waals surface area contributed by atoms with E-state index < -0.39 is 14.5 Å². The molecule has 0 aliphatic rings. The van der Waals surface area contributed by atoms with E-state index in [-0.39, 0.29) is 12.4 Å². The highest BCUT2D eigenvalue weighted by atomic mass is 27.2. The van der Waals surface area contributed by atoms with Crippen LogP contribution in [-0.2, 0) is 8.53 Å². The summed E-state index contributed by atoms with van der Waals surface area (Å²) < 4.78 is 11.7. The first-order chi connectivity index (χ1) is 7.60. The Balaban J connectivity index is 3.87. The molecule has 0 aromatic heterocycles. The monoisotopic (exact) mass is 244 g/mol. The summed E-state index contributed by atoms with van der Waals surface area (Å²) in [6, 6.07) is 0. The molecule has 0 aromatic rings. The Hall–Kier alpha value is 0.452. The first kappa shape index (κ1) is 16.5. The van der Waals surface area contributed by atoms with Crippen LogP contribution in [0, 0.1) is 0 Å². The molecule has 0 fully saturated rings. The van der Waals surface area contributed by atoms with Gasteiger partial charge < -0.3 is 8.53 Å². The van der Waals surface area contributed by atoms with Crippen molar-refractivity contribution in [2.45, 2.75) is 83.3 Å². The third-order valence-electron chi connectivity index (χ3n) is 2.61. The summed E-state index contributed by atoms with van der Waals surface area (Å²) >= 11 is -1.01. The van der Waals surface area contributed by atoms with Gasteiger partial charge in [-0.05, 0) is 20.8 Å². The van der Waals surface area contributed by atoms with E-state index in [0.29, 0.717) is 0 Å². The summed E-state index contributed by atoms with van der Waals surface area (Å²) in [4.78, 5) is 0. The maximum Gasteiger partial charge on any atom is 0.462 e. The van der Waals surface area contributed by atoms with Gasteiger partial charge in [0.25, 0.3) is 0 Å². The summed E-state index contributed by atoms with van der Waals surface area (Å²) in [5, 5.41) is 2.62. The van der Waals surface area contributed by atoms with Gasteiger partial charge in [-0.2, -0.15) is 0 Å². The maximum atomic E-state index is 6.08. The van der Waals surface area contributed by atoms with Crippen LogP contribution in [0.2, 0.25) is 10.6 Å². The highest BCUT2D eigenvalue weighted by molar-refractivity contribution is 6.51. The summed E-state index contributed by atoms with van der Waals surface area (Å²) in [5.41, 5.74) is 0. The van der Waals surface area contributed by atoms with Crippen molar-refractivity contribution in [3.8, 4) is 0 Å². The fourth-order valence-electron chi connectivity index (χ4n) is 1.83. The second-order valence-electron chi connectivity index (χ2n) is 4.80.